The lowest BCUT2D eigenvalue weighted by Crippen LogP contribution is -2.42. The summed E-state index contributed by atoms with van der Waals surface area (Å²) in [5.41, 5.74) is 2.13. The van der Waals surface area contributed by atoms with Crippen LogP contribution in [0.3, 0.4) is 0 Å². The molecule has 3 rings (SSSR count). The van der Waals surface area contributed by atoms with Crippen LogP contribution in [-0.4, -0.2) is 25.0 Å². The molecule has 1 aromatic heterocycles. The van der Waals surface area contributed by atoms with Crippen molar-refractivity contribution in [3.05, 3.63) is 46.7 Å². The Morgan fingerprint density at radius 2 is 1.86 bits per heavy atom. The molecule has 2 aromatic rings. The molecule has 1 aliphatic heterocycles. The van der Waals surface area contributed by atoms with Gasteiger partial charge in [-0.2, -0.15) is 0 Å². The Morgan fingerprint density at radius 3 is 2.57 bits per heavy atom. The van der Waals surface area contributed by atoms with Crippen molar-refractivity contribution >= 4 is 29.7 Å². The van der Waals surface area contributed by atoms with Gasteiger partial charge in [-0.25, -0.2) is 0 Å². The number of hydrogen-bond donors (Lipinski definition) is 2. The lowest BCUT2D eigenvalue weighted by atomic mass is 10.0. The third-order valence-electron chi connectivity index (χ3n) is 3.63. The van der Waals surface area contributed by atoms with Crippen LogP contribution in [0.2, 0.25) is 0 Å². The molecule has 2 N–H and O–H groups in total. The third kappa shape index (κ3) is 3.84. The minimum atomic E-state index is 0. The molecule has 2 heterocycles. The molecular weight excluding hydrogens is 304 g/mol. The van der Waals surface area contributed by atoms with Crippen LogP contribution in [0.25, 0.3) is 11.1 Å². The molecule has 1 fully saturated rings. The highest BCUT2D eigenvalue weighted by Gasteiger charge is 2.19. The van der Waals surface area contributed by atoms with Crippen LogP contribution < -0.4 is 10.6 Å². The maximum atomic E-state index is 12.4. The number of halogens is 1. The summed E-state index contributed by atoms with van der Waals surface area (Å²) in [5.74, 6) is 0.0609. The number of rotatable bonds is 3. The second-order valence-electron chi connectivity index (χ2n) is 5.03. The first-order chi connectivity index (χ1) is 9.84. The van der Waals surface area contributed by atoms with Crippen molar-refractivity contribution < 1.29 is 4.79 Å². The Balaban J connectivity index is 0.00000161. The van der Waals surface area contributed by atoms with Crippen molar-refractivity contribution in [1.29, 1.82) is 0 Å². The van der Waals surface area contributed by atoms with Gasteiger partial charge in [0.25, 0.3) is 5.91 Å². The molecule has 1 aliphatic rings. The Morgan fingerprint density at radius 1 is 1.14 bits per heavy atom. The second-order valence-corrected chi connectivity index (χ2v) is 5.94. The summed E-state index contributed by atoms with van der Waals surface area (Å²) in [4.78, 5) is 13.3. The molecule has 3 nitrogen and oxygen atoms in total. The summed E-state index contributed by atoms with van der Waals surface area (Å²) in [6.07, 6.45) is 2.02. The van der Waals surface area contributed by atoms with Crippen LogP contribution in [0.15, 0.2) is 41.8 Å². The molecular formula is C16H19ClN2OS. The van der Waals surface area contributed by atoms with Crippen LogP contribution in [-0.2, 0) is 0 Å². The normalized spacial score (nSPS) is 15.2. The highest BCUT2D eigenvalue weighted by atomic mass is 35.5. The number of carbonyl (C=O) groups excluding carboxylic acids is 1. The molecule has 0 bridgehead atoms. The Hall–Kier alpha value is -1.36. The molecule has 0 radical (unpaired) electrons. The molecule has 0 atom stereocenters. The average molecular weight is 323 g/mol. The summed E-state index contributed by atoms with van der Waals surface area (Å²) >= 11 is 1.51. The minimum Gasteiger partial charge on any atom is -0.348 e. The van der Waals surface area contributed by atoms with Crippen molar-refractivity contribution in [2.75, 3.05) is 13.1 Å². The fourth-order valence-corrected chi connectivity index (χ4v) is 3.37. The van der Waals surface area contributed by atoms with Gasteiger partial charge in [-0.15, -0.1) is 23.7 Å². The molecule has 21 heavy (non-hydrogen) atoms. The van der Waals surface area contributed by atoms with E-state index in [1.165, 1.54) is 11.3 Å². The number of benzene rings is 1. The van der Waals surface area contributed by atoms with E-state index in [4.69, 9.17) is 0 Å². The highest BCUT2D eigenvalue weighted by molar-refractivity contribution is 7.12. The molecule has 1 saturated heterocycles. The van der Waals surface area contributed by atoms with E-state index in [0.29, 0.717) is 6.04 Å². The van der Waals surface area contributed by atoms with Crippen LogP contribution in [0.1, 0.15) is 22.5 Å². The summed E-state index contributed by atoms with van der Waals surface area (Å²) in [6.45, 7) is 1.97. The average Bonchev–Trinajstić information content (AvgIpc) is 2.99. The zero-order chi connectivity index (χ0) is 13.8. The van der Waals surface area contributed by atoms with Crippen molar-refractivity contribution in [2.24, 2.45) is 0 Å². The molecule has 0 aliphatic carbocycles. The maximum Gasteiger partial charge on any atom is 0.262 e. The van der Waals surface area contributed by atoms with Crippen LogP contribution in [0.4, 0.5) is 0 Å². The molecule has 1 amide bonds. The smallest absolute Gasteiger partial charge is 0.262 e. The molecule has 0 saturated carbocycles. The standard InChI is InChI=1S/C16H18N2OS.ClH/c19-16(18-13-6-9-17-10-7-13)15-14(8-11-20-15)12-4-2-1-3-5-12;/h1-5,8,11,13,17H,6-7,9-10H2,(H,18,19);1H. The second kappa shape index (κ2) is 7.59. The van der Waals surface area contributed by atoms with Gasteiger partial charge < -0.3 is 10.6 Å². The predicted molar refractivity (Wildman–Crippen MR) is 90.4 cm³/mol. The first kappa shape index (κ1) is 16.0. The summed E-state index contributed by atoms with van der Waals surface area (Å²) in [6, 6.07) is 12.4. The first-order valence-corrected chi connectivity index (χ1v) is 7.87. The SMILES string of the molecule is Cl.O=C(NC1CCNCC1)c1sccc1-c1ccccc1. The Bertz CT molecular complexity index is 579. The largest absolute Gasteiger partial charge is 0.348 e. The van der Waals surface area contributed by atoms with Crippen LogP contribution in [0.5, 0.6) is 0 Å². The Kier molecular flexibility index (Phi) is 5.79. The van der Waals surface area contributed by atoms with Gasteiger partial charge in [-0.1, -0.05) is 30.3 Å². The van der Waals surface area contributed by atoms with E-state index in [1.54, 1.807) is 0 Å². The fourth-order valence-electron chi connectivity index (χ4n) is 2.55. The molecule has 0 spiro atoms. The van der Waals surface area contributed by atoms with E-state index in [2.05, 4.69) is 10.6 Å². The number of carbonyl (C=O) groups is 1. The van der Waals surface area contributed by atoms with Gasteiger partial charge in [0, 0.05) is 11.6 Å². The predicted octanol–water partition coefficient (Wildman–Crippen LogP) is 3.32. The van der Waals surface area contributed by atoms with Crippen LogP contribution >= 0.6 is 23.7 Å². The highest BCUT2D eigenvalue weighted by Crippen LogP contribution is 2.28. The summed E-state index contributed by atoms with van der Waals surface area (Å²) in [5, 5.41) is 8.46. The van der Waals surface area contributed by atoms with Crippen molar-refractivity contribution in [3.63, 3.8) is 0 Å². The maximum absolute atomic E-state index is 12.4. The van der Waals surface area contributed by atoms with E-state index in [9.17, 15) is 4.79 Å². The number of amides is 1. The van der Waals surface area contributed by atoms with Gasteiger partial charge in [0.2, 0.25) is 0 Å². The van der Waals surface area contributed by atoms with E-state index >= 15 is 0 Å². The molecule has 5 heteroatoms. The lowest BCUT2D eigenvalue weighted by molar-refractivity contribution is 0.0934. The lowest BCUT2D eigenvalue weighted by Gasteiger charge is -2.23. The third-order valence-corrected chi connectivity index (χ3v) is 4.54. The number of hydrogen-bond acceptors (Lipinski definition) is 3. The van der Waals surface area contributed by atoms with Gasteiger partial charge in [0.05, 0.1) is 4.88 Å². The molecule has 1 aromatic carbocycles. The first-order valence-electron chi connectivity index (χ1n) is 6.99. The van der Waals surface area contributed by atoms with Crippen molar-refractivity contribution in [1.82, 2.24) is 10.6 Å². The zero-order valence-corrected chi connectivity index (χ0v) is 13.3. The number of thiophene rings is 1. The van der Waals surface area contributed by atoms with Crippen LogP contribution in [0, 0.1) is 0 Å². The minimum absolute atomic E-state index is 0. The van der Waals surface area contributed by atoms with Gasteiger partial charge in [0.15, 0.2) is 0 Å². The monoisotopic (exact) mass is 322 g/mol. The van der Waals surface area contributed by atoms with Gasteiger partial charge in [0.1, 0.15) is 0 Å². The van der Waals surface area contributed by atoms with Gasteiger partial charge >= 0.3 is 0 Å². The van der Waals surface area contributed by atoms with Crippen molar-refractivity contribution in [2.45, 2.75) is 18.9 Å². The summed E-state index contributed by atoms with van der Waals surface area (Å²) in [7, 11) is 0. The Labute approximate surface area is 135 Å². The van der Waals surface area contributed by atoms with E-state index in [0.717, 1.165) is 41.9 Å². The summed E-state index contributed by atoms with van der Waals surface area (Å²) < 4.78 is 0. The quantitative estimate of drug-likeness (QED) is 0.910. The molecule has 0 unspecified atom stereocenters. The zero-order valence-electron chi connectivity index (χ0n) is 11.7. The fraction of sp³-hybridized carbons (Fsp3) is 0.312. The van der Waals surface area contributed by atoms with E-state index in [1.807, 2.05) is 41.8 Å². The van der Waals surface area contributed by atoms with Gasteiger partial charge in [-0.05, 0) is 42.9 Å². The molecule has 112 valence electrons. The number of nitrogens with one attached hydrogen (secondary N) is 2. The van der Waals surface area contributed by atoms with E-state index in [-0.39, 0.29) is 18.3 Å². The topological polar surface area (TPSA) is 41.1 Å². The van der Waals surface area contributed by atoms with Crippen molar-refractivity contribution in [3.8, 4) is 11.1 Å². The number of piperidine rings is 1. The van der Waals surface area contributed by atoms with Gasteiger partial charge in [-0.3, -0.25) is 4.79 Å². The van der Waals surface area contributed by atoms with E-state index < -0.39 is 0 Å².